The number of aliphatic hydroxyl groups is 5. The van der Waals surface area contributed by atoms with Crippen molar-refractivity contribution in [3.63, 3.8) is 0 Å². The fourth-order valence-electron chi connectivity index (χ4n) is 7.80. The summed E-state index contributed by atoms with van der Waals surface area (Å²) in [4.78, 5) is 25.2. The minimum absolute atomic E-state index is 0.0999. The first-order valence-electron chi connectivity index (χ1n) is 10.1. The molecule has 5 fully saturated rings. The minimum Gasteiger partial charge on any atom is -0.457 e. The van der Waals surface area contributed by atoms with Gasteiger partial charge in [0.25, 0.3) is 0 Å². The largest absolute Gasteiger partial charge is 0.457 e. The van der Waals surface area contributed by atoms with Gasteiger partial charge in [-0.05, 0) is 25.3 Å². The van der Waals surface area contributed by atoms with Crippen LogP contribution in [0.4, 0.5) is 0 Å². The van der Waals surface area contributed by atoms with Gasteiger partial charge >= 0.3 is 5.97 Å². The van der Waals surface area contributed by atoms with Crippen LogP contribution in [0.5, 0.6) is 0 Å². The van der Waals surface area contributed by atoms with Crippen LogP contribution in [0.2, 0.25) is 0 Å². The molecular weight excluding hydrogens is 400 g/mol. The molecule has 0 amide bonds. The standard InChI is InChI=1S/C20H24O10/c1-7-3-9(21)11(22)16(2)8(7)4-10-19-14(16)17(26,5-29-19)15(25)18(6-28-18)20(19,27)12(23)13(24)30-10/h3,8,10-12,14-15,22-23,25-27H,4-6H2,1-2H3/t8-,10+,11+,12+,14-,15-,16+,17+,18-,19?,20+/m0/s1. The molecule has 0 radical (unpaired) electrons. The van der Waals surface area contributed by atoms with Gasteiger partial charge in [-0.15, -0.1) is 0 Å². The smallest absolute Gasteiger partial charge is 0.338 e. The molecule has 3 aliphatic heterocycles. The van der Waals surface area contributed by atoms with E-state index in [0.29, 0.717) is 5.57 Å². The second-order valence-electron chi connectivity index (χ2n) is 10.0. The zero-order valence-corrected chi connectivity index (χ0v) is 16.4. The van der Waals surface area contributed by atoms with E-state index in [2.05, 4.69) is 0 Å². The summed E-state index contributed by atoms with van der Waals surface area (Å²) < 4.78 is 17.0. The predicted molar refractivity (Wildman–Crippen MR) is 93.6 cm³/mol. The van der Waals surface area contributed by atoms with Gasteiger partial charge in [-0.25, -0.2) is 4.79 Å². The van der Waals surface area contributed by atoms with E-state index in [4.69, 9.17) is 14.2 Å². The Morgan fingerprint density at radius 1 is 1.07 bits per heavy atom. The average molecular weight is 424 g/mol. The third-order valence-corrected chi connectivity index (χ3v) is 9.04. The van der Waals surface area contributed by atoms with Gasteiger partial charge in [-0.2, -0.15) is 0 Å². The highest BCUT2D eigenvalue weighted by Crippen LogP contribution is 2.74. The SMILES string of the molecule is CC1=CC(=O)[C@@H](O)[C@]2(C)[C@@H]3C45OC[C@]3(O)[C@H](O)[C@@]3(CO3)[C@]4(O)[C@H](O)C(=O)O[C@@H]5C[C@@H]12. The molecule has 0 aromatic rings. The number of carbonyl (C=O) groups is 2. The Labute approximate surface area is 171 Å². The number of hydrogen-bond acceptors (Lipinski definition) is 10. The summed E-state index contributed by atoms with van der Waals surface area (Å²) in [6, 6.07) is 0. The zero-order valence-electron chi connectivity index (χ0n) is 16.4. The Balaban J connectivity index is 1.68. The third kappa shape index (κ3) is 1.53. The lowest BCUT2D eigenvalue weighted by atomic mass is 9.38. The molecule has 2 spiro atoms. The van der Waals surface area contributed by atoms with E-state index in [-0.39, 0.29) is 13.0 Å². The summed E-state index contributed by atoms with van der Waals surface area (Å²) >= 11 is 0. The van der Waals surface area contributed by atoms with Crippen LogP contribution in [-0.4, -0.2) is 97.3 Å². The van der Waals surface area contributed by atoms with Crippen LogP contribution in [0.15, 0.2) is 11.6 Å². The average Bonchev–Trinajstić information content (AvgIpc) is 3.44. The lowest BCUT2D eigenvalue weighted by Crippen LogP contribution is -2.90. The van der Waals surface area contributed by atoms with Gasteiger partial charge in [0, 0.05) is 11.3 Å². The van der Waals surface area contributed by atoms with E-state index in [1.165, 1.54) is 6.08 Å². The molecule has 2 bridgehead atoms. The molecular formula is C20H24O10. The topological polar surface area (TPSA) is 166 Å². The number of epoxide rings is 1. The highest BCUT2D eigenvalue weighted by atomic mass is 16.7. The number of carbonyl (C=O) groups excluding carboxylic acids is 2. The number of ketones is 1. The Morgan fingerprint density at radius 3 is 2.37 bits per heavy atom. The fourth-order valence-corrected chi connectivity index (χ4v) is 7.80. The Kier molecular flexibility index (Phi) is 3.21. The monoisotopic (exact) mass is 424 g/mol. The van der Waals surface area contributed by atoms with Crippen molar-refractivity contribution in [3.05, 3.63) is 11.6 Å². The van der Waals surface area contributed by atoms with Gasteiger partial charge in [-0.3, -0.25) is 4.79 Å². The van der Waals surface area contributed by atoms with Crippen molar-refractivity contribution in [1.82, 2.24) is 0 Å². The fraction of sp³-hybridized carbons (Fsp3) is 0.800. The van der Waals surface area contributed by atoms with E-state index in [1.807, 2.05) is 0 Å². The van der Waals surface area contributed by atoms with Crippen LogP contribution in [0.3, 0.4) is 0 Å². The summed E-state index contributed by atoms with van der Waals surface area (Å²) in [5, 5.41) is 56.8. The van der Waals surface area contributed by atoms with Crippen LogP contribution < -0.4 is 0 Å². The molecule has 3 aliphatic carbocycles. The quantitative estimate of drug-likeness (QED) is 0.202. The lowest BCUT2D eigenvalue weighted by Gasteiger charge is -2.69. The molecule has 10 heteroatoms. The lowest BCUT2D eigenvalue weighted by molar-refractivity contribution is -0.367. The molecule has 3 heterocycles. The summed E-state index contributed by atoms with van der Waals surface area (Å²) in [5.74, 6) is -3.37. The van der Waals surface area contributed by atoms with Crippen molar-refractivity contribution < 1.29 is 49.3 Å². The summed E-state index contributed by atoms with van der Waals surface area (Å²) in [6.07, 6.45) is -5.05. The van der Waals surface area contributed by atoms with Crippen molar-refractivity contribution in [1.29, 1.82) is 0 Å². The van der Waals surface area contributed by atoms with Crippen molar-refractivity contribution in [2.24, 2.45) is 17.3 Å². The summed E-state index contributed by atoms with van der Waals surface area (Å²) in [5.41, 5.74) is -8.91. The van der Waals surface area contributed by atoms with Crippen LogP contribution in [0.1, 0.15) is 20.3 Å². The molecule has 3 saturated heterocycles. The zero-order chi connectivity index (χ0) is 21.6. The number of fused-ring (bicyclic) bond motifs is 2. The van der Waals surface area contributed by atoms with Gasteiger partial charge in [0.05, 0.1) is 13.2 Å². The van der Waals surface area contributed by atoms with Crippen molar-refractivity contribution in [2.45, 2.75) is 67.1 Å². The molecule has 1 unspecified atom stereocenters. The molecule has 30 heavy (non-hydrogen) atoms. The second kappa shape index (κ2) is 4.98. The number of hydrogen-bond donors (Lipinski definition) is 5. The van der Waals surface area contributed by atoms with Crippen LogP contribution in [-0.2, 0) is 23.8 Å². The molecule has 2 saturated carbocycles. The number of allylic oxidation sites excluding steroid dienone is 1. The molecule has 6 aliphatic rings. The third-order valence-electron chi connectivity index (χ3n) is 9.04. The highest BCUT2D eigenvalue weighted by molar-refractivity contribution is 5.96. The number of esters is 1. The van der Waals surface area contributed by atoms with Gasteiger partial charge in [0.1, 0.15) is 29.5 Å². The first-order valence-corrected chi connectivity index (χ1v) is 10.1. The first kappa shape index (κ1) is 19.3. The van der Waals surface area contributed by atoms with Crippen LogP contribution >= 0.6 is 0 Å². The number of aliphatic hydroxyl groups excluding tert-OH is 3. The Hall–Kier alpha value is -1.40. The molecule has 0 aromatic heterocycles. The predicted octanol–water partition coefficient (Wildman–Crippen LogP) is -2.82. The molecule has 0 aromatic carbocycles. The molecule has 10 nitrogen and oxygen atoms in total. The highest BCUT2D eigenvalue weighted by Gasteiger charge is 2.95. The molecule has 5 N–H and O–H groups in total. The maximum atomic E-state index is 12.6. The molecule has 6 rings (SSSR count). The summed E-state index contributed by atoms with van der Waals surface area (Å²) in [6.45, 7) is 2.68. The number of ether oxygens (including phenoxy) is 3. The van der Waals surface area contributed by atoms with Gasteiger partial charge in [0.2, 0.25) is 0 Å². The van der Waals surface area contributed by atoms with Crippen molar-refractivity contribution in [3.8, 4) is 0 Å². The second-order valence-corrected chi connectivity index (χ2v) is 10.0. The minimum atomic E-state index is -2.45. The van der Waals surface area contributed by atoms with E-state index in [9.17, 15) is 35.1 Å². The summed E-state index contributed by atoms with van der Waals surface area (Å²) in [7, 11) is 0. The van der Waals surface area contributed by atoms with Crippen LogP contribution in [0, 0.1) is 17.3 Å². The Bertz CT molecular complexity index is 927. The first-order chi connectivity index (χ1) is 13.9. The van der Waals surface area contributed by atoms with Crippen molar-refractivity contribution >= 4 is 11.8 Å². The van der Waals surface area contributed by atoms with Gasteiger partial charge in [0.15, 0.2) is 23.1 Å². The van der Waals surface area contributed by atoms with Crippen molar-refractivity contribution in [2.75, 3.05) is 13.2 Å². The maximum absolute atomic E-state index is 12.6. The van der Waals surface area contributed by atoms with Gasteiger partial charge < -0.3 is 39.7 Å². The normalized spacial score (nSPS) is 63.1. The number of rotatable bonds is 0. The van der Waals surface area contributed by atoms with E-state index in [0.717, 1.165) is 0 Å². The Morgan fingerprint density at radius 2 is 1.73 bits per heavy atom. The van der Waals surface area contributed by atoms with E-state index >= 15 is 0 Å². The van der Waals surface area contributed by atoms with E-state index in [1.54, 1.807) is 13.8 Å². The van der Waals surface area contributed by atoms with Crippen LogP contribution in [0.25, 0.3) is 0 Å². The molecule has 11 atom stereocenters. The maximum Gasteiger partial charge on any atom is 0.338 e. The van der Waals surface area contributed by atoms with E-state index < -0.39 is 82.4 Å². The van der Waals surface area contributed by atoms with Gasteiger partial charge in [-0.1, -0.05) is 12.5 Å². The molecule has 164 valence electrons.